The van der Waals surface area contributed by atoms with Gasteiger partial charge in [-0.3, -0.25) is 34.6 Å². The van der Waals surface area contributed by atoms with Crippen molar-refractivity contribution in [2.24, 2.45) is 5.92 Å². The molecule has 18 heteroatoms. The fourth-order valence-corrected chi connectivity index (χ4v) is 11.3. The zero-order valence-electron chi connectivity index (χ0n) is 38.3. The van der Waals surface area contributed by atoms with Gasteiger partial charge < -0.3 is 34.6 Å². The van der Waals surface area contributed by atoms with Gasteiger partial charge in [-0.05, 0) is 96.4 Å². The van der Waals surface area contributed by atoms with E-state index < -0.39 is 7.14 Å². The first-order chi connectivity index (χ1) is 31.9. The molecule has 0 bridgehead atoms. The van der Waals surface area contributed by atoms with Crippen molar-refractivity contribution in [2.45, 2.75) is 57.9 Å². The van der Waals surface area contributed by atoms with E-state index in [0.717, 1.165) is 87.6 Å². The fraction of sp³-hybridized carbons (Fsp3) is 0.438. The van der Waals surface area contributed by atoms with Gasteiger partial charge in [0.15, 0.2) is 0 Å². The number of amides is 3. The number of anilines is 6. The molecular formula is C48H59BrN11O5P. The van der Waals surface area contributed by atoms with Crippen LogP contribution in [0.2, 0.25) is 0 Å². The highest BCUT2D eigenvalue weighted by molar-refractivity contribution is 9.10. The van der Waals surface area contributed by atoms with E-state index in [4.69, 9.17) is 9.72 Å². The molecule has 3 aromatic carbocycles. The Bertz CT molecular complexity index is 2610. The Morgan fingerprint density at radius 1 is 0.909 bits per heavy atom. The Labute approximate surface area is 394 Å². The number of ether oxygens (including phenoxy) is 1. The van der Waals surface area contributed by atoms with E-state index in [1.807, 2.05) is 43.3 Å². The largest absolute Gasteiger partial charge is 0.494 e. The molecule has 3 saturated heterocycles. The molecule has 8 rings (SSSR count). The number of fused-ring (bicyclic) bond motifs is 1. The highest BCUT2D eigenvalue weighted by Crippen LogP contribution is 2.42. The molecule has 0 spiro atoms. The molecule has 0 saturated carbocycles. The number of piperidine rings is 1. The van der Waals surface area contributed by atoms with Crippen molar-refractivity contribution < 1.29 is 23.7 Å². The Morgan fingerprint density at radius 3 is 2.30 bits per heavy atom. The highest BCUT2D eigenvalue weighted by Gasteiger charge is 2.38. The number of aryl methyl sites for hydroxylation is 1. The van der Waals surface area contributed by atoms with Crippen LogP contribution in [0.4, 0.5) is 34.5 Å². The van der Waals surface area contributed by atoms with Crippen LogP contribution in [0, 0.1) is 5.92 Å². The first-order valence-corrected chi connectivity index (χ1v) is 26.2. The molecule has 2 aromatic heterocycles. The molecule has 16 nitrogen and oxygen atoms in total. The lowest BCUT2D eigenvalue weighted by molar-refractivity contribution is -0.138. The van der Waals surface area contributed by atoms with Crippen LogP contribution in [0.3, 0.4) is 0 Å². The van der Waals surface area contributed by atoms with Gasteiger partial charge in [-0.25, -0.2) is 4.98 Å². The molecule has 0 radical (unpaired) electrons. The standard InChI is InChI=1S/C48H59BrN11O5P/c1-6-8-36(46(62)53-30-61)32-9-11-34(12-10-32)60-28-33(29-60)47(63)59-23-21-57(22-24-59)35-15-19-58(20-16-35)41-26-42(65-3)40(25-31(41)7-2)55-48-52-27-37(49)45(56-48)54-39-14-13-38-43(51-18-17-50-38)44(39)66(4,5)64/h9-14,17-18,25-27,30,33,35-36H,6-8,15-16,19-24,28-29H2,1-5H3,(H,53,61,62)(H2,52,54,55,56). The minimum absolute atomic E-state index is 0.0151. The molecule has 5 heterocycles. The summed E-state index contributed by atoms with van der Waals surface area (Å²) < 4.78 is 20.1. The molecule has 3 N–H and O–H groups in total. The lowest BCUT2D eigenvalue weighted by Crippen LogP contribution is -2.59. The summed E-state index contributed by atoms with van der Waals surface area (Å²) in [6.07, 6.45) is 9.75. The van der Waals surface area contributed by atoms with Crippen LogP contribution in [0.1, 0.15) is 56.6 Å². The minimum atomic E-state index is -2.78. The summed E-state index contributed by atoms with van der Waals surface area (Å²) >= 11 is 3.60. The van der Waals surface area contributed by atoms with Crippen LogP contribution >= 0.6 is 23.1 Å². The molecule has 3 fully saturated rings. The van der Waals surface area contributed by atoms with Gasteiger partial charge in [0.05, 0.1) is 45.6 Å². The van der Waals surface area contributed by atoms with E-state index in [-0.39, 0.29) is 23.7 Å². The Hall–Kier alpha value is -5.64. The third kappa shape index (κ3) is 10.2. The van der Waals surface area contributed by atoms with Crippen LogP contribution in [-0.4, -0.2) is 127 Å². The average molecular weight is 981 g/mol. The number of halogens is 1. The number of nitrogens with zero attached hydrogens (tertiary/aromatic N) is 8. The van der Waals surface area contributed by atoms with Gasteiger partial charge in [0.2, 0.25) is 24.2 Å². The van der Waals surface area contributed by atoms with Gasteiger partial charge in [0, 0.05) is 94.4 Å². The molecular weight excluding hydrogens is 921 g/mol. The van der Waals surface area contributed by atoms with Crippen LogP contribution in [0.25, 0.3) is 11.0 Å². The van der Waals surface area contributed by atoms with Crippen molar-refractivity contribution >= 4 is 92.1 Å². The molecule has 348 valence electrons. The first kappa shape index (κ1) is 46.9. The third-order valence-electron chi connectivity index (χ3n) is 13.1. The molecule has 1 atom stereocenters. The van der Waals surface area contributed by atoms with Crippen molar-refractivity contribution in [3.63, 3.8) is 0 Å². The van der Waals surface area contributed by atoms with Crippen molar-refractivity contribution in [3.8, 4) is 5.75 Å². The SMILES string of the molecule is CCCC(C(=O)NC=O)c1ccc(N2CC(C(=O)N3CCN(C4CCN(c5cc(OC)c(Nc6ncc(Br)c(Nc7ccc8nccnc8c7P(C)(C)=O)n6)cc5CC)CC4)CC3)C2)cc1. The van der Waals surface area contributed by atoms with Gasteiger partial charge in [-0.1, -0.05) is 32.4 Å². The summed E-state index contributed by atoms with van der Waals surface area (Å²) in [5.41, 5.74) is 6.94. The minimum Gasteiger partial charge on any atom is -0.494 e. The van der Waals surface area contributed by atoms with E-state index in [1.165, 1.54) is 5.56 Å². The fourth-order valence-electron chi connectivity index (χ4n) is 9.59. The lowest BCUT2D eigenvalue weighted by atomic mass is 9.92. The monoisotopic (exact) mass is 979 g/mol. The van der Waals surface area contributed by atoms with E-state index in [2.05, 4.69) is 85.5 Å². The summed E-state index contributed by atoms with van der Waals surface area (Å²) in [6.45, 7) is 14.1. The average Bonchev–Trinajstić information content (AvgIpc) is 3.31. The van der Waals surface area contributed by atoms with E-state index >= 15 is 0 Å². The second-order valence-corrected chi connectivity index (χ2v) is 21.7. The number of rotatable bonds is 16. The van der Waals surface area contributed by atoms with Crippen LogP contribution in [-0.2, 0) is 25.4 Å². The Balaban J connectivity index is 0.844. The van der Waals surface area contributed by atoms with Crippen LogP contribution in [0.15, 0.2) is 71.6 Å². The number of piperazine rings is 1. The molecule has 5 aromatic rings. The molecule has 3 aliphatic rings. The predicted octanol–water partition coefficient (Wildman–Crippen LogP) is 6.89. The number of imide groups is 1. The number of hydrogen-bond donors (Lipinski definition) is 3. The number of carbonyl (C=O) groups excluding carboxylic acids is 3. The van der Waals surface area contributed by atoms with Gasteiger partial charge >= 0.3 is 0 Å². The van der Waals surface area contributed by atoms with E-state index in [0.29, 0.717) is 76.0 Å². The predicted molar refractivity (Wildman–Crippen MR) is 265 cm³/mol. The number of aromatic nitrogens is 4. The number of hydrogen-bond acceptors (Lipinski definition) is 14. The molecule has 0 aliphatic carbocycles. The van der Waals surface area contributed by atoms with Gasteiger partial charge in [0.25, 0.3) is 0 Å². The maximum Gasteiger partial charge on any atom is 0.233 e. The second-order valence-electron chi connectivity index (χ2n) is 17.7. The van der Waals surface area contributed by atoms with Gasteiger partial charge in [-0.2, -0.15) is 4.98 Å². The van der Waals surface area contributed by atoms with Crippen LogP contribution < -0.4 is 35.8 Å². The number of benzene rings is 3. The van der Waals surface area contributed by atoms with Crippen molar-refractivity contribution in [1.29, 1.82) is 0 Å². The summed E-state index contributed by atoms with van der Waals surface area (Å²) in [4.78, 5) is 64.5. The normalized spacial score (nSPS) is 16.7. The molecule has 1 unspecified atom stereocenters. The van der Waals surface area contributed by atoms with E-state index in [1.54, 1.807) is 39.0 Å². The first-order valence-electron chi connectivity index (χ1n) is 22.8. The second kappa shape index (κ2) is 20.5. The summed E-state index contributed by atoms with van der Waals surface area (Å²) in [7, 11) is -1.11. The zero-order chi connectivity index (χ0) is 46.5. The molecule has 66 heavy (non-hydrogen) atoms. The number of methoxy groups -OCH3 is 1. The summed E-state index contributed by atoms with van der Waals surface area (Å²) in [6, 6.07) is 16.4. The molecule has 3 aliphatic heterocycles. The number of nitrogens with one attached hydrogen (secondary N) is 3. The smallest absolute Gasteiger partial charge is 0.233 e. The van der Waals surface area contributed by atoms with Gasteiger partial charge in [0.1, 0.15) is 24.2 Å². The van der Waals surface area contributed by atoms with Crippen LogP contribution in [0.5, 0.6) is 5.75 Å². The maximum atomic E-state index is 13.6. The Morgan fingerprint density at radius 2 is 1.64 bits per heavy atom. The molecule has 3 amide bonds. The maximum absolute atomic E-state index is 13.6. The third-order valence-corrected chi connectivity index (χ3v) is 15.2. The number of carbonyl (C=O) groups is 3. The highest BCUT2D eigenvalue weighted by atomic mass is 79.9. The zero-order valence-corrected chi connectivity index (χ0v) is 40.8. The van der Waals surface area contributed by atoms with Crippen molar-refractivity contribution in [1.82, 2.24) is 35.1 Å². The van der Waals surface area contributed by atoms with Crippen molar-refractivity contribution in [3.05, 3.63) is 82.7 Å². The van der Waals surface area contributed by atoms with E-state index in [9.17, 15) is 18.9 Å². The quantitative estimate of drug-likeness (QED) is 0.0688. The summed E-state index contributed by atoms with van der Waals surface area (Å²) in [5.74, 6) is 1.14. The van der Waals surface area contributed by atoms with Crippen molar-refractivity contribution in [2.75, 3.05) is 93.2 Å². The topological polar surface area (TPSA) is 178 Å². The summed E-state index contributed by atoms with van der Waals surface area (Å²) in [5, 5.41) is 9.68. The lowest BCUT2D eigenvalue weighted by Gasteiger charge is -2.46. The Kier molecular flexibility index (Phi) is 14.5. The van der Waals surface area contributed by atoms with Gasteiger partial charge in [-0.15, -0.1) is 0 Å².